The van der Waals surface area contributed by atoms with Crippen molar-refractivity contribution in [1.82, 2.24) is 20.4 Å². The van der Waals surface area contributed by atoms with Gasteiger partial charge in [-0.15, -0.1) is 0 Å². The van der Waals surface area contributed by atoms with Gasteiger partial charge in [-0.1, -0.05) is 5.16 Å². The molecule has 0 bridgehead atoms. The van der Waals surface area contributed by atoms with Crippen molar-refractivity contribution in [3.63, 3.8) is 0 Å². The first-order valence-corrected chi connectivity index (χ1v) is 9.29. The van der Waals surface area contributed by atoms with Gasteiger partial charge in [0.15, 0.2) is 11.3 Å². The smallest absolute Gasteiger partial charge is 0.311 e. The molecule has 9 heteroatoms. The second-order valence-corrected chi connectivity index (χ2v) is 6.69. The number of aromatic nitrogens is 3. The summed E-state index contributed by atoms with van der Waals surface area (Å²) >= 11 is 0. The highest BCUT2D eigenvalue weighted by Gasteiger charge is 2.19. The van der Waals surface area contributed by atoms with Crippen LogP contribution >= 0.6 is 0 Å². The van der Waals surface area contributed by atoms with Crippen molar-refractivity contribution < 1.29 is 13.7 Å². The normalized spacial score (nSPS) is 14.3. The van der Waals surface area contributed by atoms with Gasteiger partial charge in [0.1, 0.15) is 0 Å². The van der Waals surface area contributed by atoms with Crippen molar-refractivity contribution in [1.29, 1.82) is 0 Å². The number of amides is 1. The summed E-state index contributed by atoms with van der Waals surface area (Å²) in [5.74, 6) is 0.0546. The first kappa shape index (κ1) is 17.4. The Morgan fingerprint density at radius 3 is 2.93 bits per heavy atom. The molecule has 29 heavy (non-hydrogen) atoms. The van der Waals surface area contributed by atoms with E-state index in [0.717, 1.165) is 42.8 Å². The van der Waals surface area contributed by atoms with Gasteiger partial charge in [0.25, 0.3) is 5.89 Å². The monoisotopic (exact) mass is 390 g/mol. The fraction of sp³-hybridized carbons (Fsp3) is 0.200. The molecule has 2 N–H and O–H groups in total. The van der Waals surface area contributed by atoms with E-state index in [1.165, 1.54) is 6.20 Å². The molecule has 1 amide bonds. The largest absolute Gasteiger partial charge is 0.432 e. The lowest BCUT2D eigenvalue weighted by atomic mass is 10.1. The van der Waals surface area contributed by atoms with E-state index in [1.54, 1.807) is 24.7 Å². The molecule has 1 aromatic carbocycles. The molecule has 1 aliphatic rings. The lowest BCUT2D eigenvalue weighted by Crippen LogP contribution is -2.43. The summed E-state index contributed by atoms with van der Waals surface area (Å²) in [4.78, 5) is 23.2. The van der Waals surface area contributed by atoms with Gasteiger partial charge in [-0.3, -0.25) is 9.78 Å². The number of oxazole rings is 1. The molecule has 1 fully saturated rings. The second-order valence-electron chi connectivity index (χ2n) is 6.69. The van der Waals surface area contributed by atoms with E-state index >= 15 is 0 Å². The lowest BCUT2D eigenvalue weighted by Gasteiger charge is -2.30. The van der Waals surface area contributed by atoms with Gasteiger partial charge in [0.05, 0.1) is 30.0 Å². The number of piperazine rings is 1. The molecular weight excluding hydrogens is 372 g/mol. The van der Waals surface area contributed by atoms with Crippen LogP contribution in [0.25, 0.3) is 22.3 Å². The summed E-state index contributed by atoms with van der Waals surface area (Å²) in [6, 6.07) is 7.41. The van der Waals surface area contributed by atoms with Gasteiger partial charge in [-0.05, 0) is 24.3 Å². The van der Waals surface area contributed by atoms with Crippen LogP contribution < -0.4 is 15.5 Å². The molecule has 0 unspecified atom stereocenters. The number of benzene rings is 1. The number of nitrogens with one attached hydrogen (secondary N) is 2. The highest BCUT2D eigenvalue weighted by atomic mass is 16.5. The number of hydrogen-bond donors (Lipinski definition) is 2. The summed E-state index contributed by atoms with van der Waals surface area (Å²) in [5.41, 5.74) is 3.03. The molecule has 3 aromatic heterocycles. The summed E-state index contributed by atoms with van der Waals surface area (Å²) < 4.78 is 10.8. The molecule has 4 aromatic rings. The number of rotatable bonds is 4. The maximum Gasteiger partial charge on any atom is 0.311 e. The molecule has 1 aliphatic heterocycles. The Balaban J connectivity index is 1.37. The summed E-state index contributed by atoms with van der Waals surface area (Å²) in [7, 11) is 0. The van der Waals surface area contributed by atoms with Gasteiger partial charge >= 0.3 is 5.91 Å². The van der Waals surface area contributed by atoms with E-state index in [4.69, 9.17) is 8.94 Å². The lowest BCUT2D eigenvalue weighted by molar-refractivity contribution is 0.0991. The SMILES string of the molecule is O=C(Nc1cnccc1N1CCNCC1)c1ncc(-c2ccc3oncc3c2)o1. The van der Waals surface area contributed by atoms with Crippen LogP contribution in [0.3, 0.4) is 0 Å². The van der Waals surface area contributed by atoms with Gasteiger partial charge in [-0.25, -0.2) is 4.98 Å². The number of hydrogen-bond acceptors (Lipinski definition) is 8. The van der Waals surface area contributed by atoms with E-state index < -0.39 is 5.91 Å². The zero-order chi connectivity index (χ0) is 19.6. The second kappa shape index (κ2) is 7.36. The molecule has 5 rings (SSSR count). The first-order chi connectivity index (χ1) is 14.3. The van der Waals surface area contributed by atoms with Crippen LogP contribution in [0.4, 0.5) is 11.4 Å². The van der Waals surface area contributed by atoms with Crippen LogP contribution in [0.5, 0.6) is 0 Å². The molecule has 146 valence electrons. The number of fused-ring (bicyclic) bond motifs is 1. The zero-order valence-corrected chi connectivity index (χ0v) is 15.5. The molecule has 1 saturated heterocycles. The van der Waals surface area contributed by atoms with Gasteiger partial charge in [0.2, 0.25) is 0 Å². The third-order valence-electron chi connectivity index (χ3n) is 4.84. The maximum atomic E-state index is 12.7. The summed E-state index contributed by atoms with van der Waals surface area (Å²) in [5, 5.41) is 10.8. The molecule has 0 atom stereocenters. The van der Waals surface area contributed by atoms with Crippen molar-refractivity contribution in [3.8, 4) is 11.3 Å². The molecule has 9 nitrogen and oxygen atoms in total. The third kappa shape index (κ3) is 3.43. The Labute approximate surface area is 165 Å². The standard InChI is InChI=1S/C20H18N6O3/c27-19(25-15-11-22-4-3-16(15)26-7-5-21-6-8-26)20-23-12-18(28-20)13-1-2-17-14(9-13)10-24-29-17/h1-4,9-12,21H,5-8H2,(H,25,27). The maximum absolute atomic E-state index is 12.7. The number of nitrogens with zero attached hydrogens (tertiary/aromatic N) is 4. The highest BCUT2D eigenvalue weighted by Crippen LogP contribution is 2.27. The molecule has 4 heterocycles. The Morgan fingerprint density at radius 2 is 2.03 bits per heavy atom. The Hall–Kier alpha value is -3.72. The van der Waals surface area contributed by atoms with Crippen LogP contribution in [0.2, 0.25) is 0 Å². The average molecular weight is 390 g/mol. The van der Waals surface area contributed by atoms with Gasteiger partial charge < -0.3 is 24.5 Å². The fourth-order valence-electron chi connectivity index (χ4n) is 3.38. The summed E-state index contributed by atoms with van der Waals surface area (Å²) in [6.07, 6.45) is 6.52. The van der Waals surface area contributed by atoms with Crippen LogP contribution in [-0.4, -0.2) is 47.2 Å². The zero-order valence-electron chi connectivity index (χ0n) is 15.5. The quantitative estimate of drug-likeness (QED) is 0.547. The van der Waals surface area contributed by atoms with E-state index in [0.29, 0.717) is 17.0 Å². The number of anilines is 2. The number of carbonyl (C=O) groups excluding carboxylic acids is 1. The van der Waals surface area contributed by atoms with Crippen LogP contribution in [0.1, 0.15) is 10.7 Å². The van der Waals surface area contributed by atoms with Crippen molar-refractivity contribution in [2.45, 2.75) is 0 Å². The first-order valence-electron chi connectivity index (χ1n) is 9.29. The fourth-order valence-corrected chi connectivity index (χ4v) is 3.38. The van der Waals surface area contributed by atoms with E-state index in [2.05, 4.69) is 30.7 Å². The molecule has 0 radical (unpaired) electrons. The molecule has 0 aliphatic carbocycles. The van der Waals surface area contributed by atoms with E-state index in [1.807, 2.05) is 18.2 Å². The molecular formula is C20H18N6O3. The molecule has 0 spiro atoms. The Morgan fingerprint density at radius 1 is 1.14 bits per heavy atom. The van der Waals surface area contributed by atoms with Gasteiger partial charge in [0, 0.05) is 43.3 Å². The van der Waals surface area contributed by atoms with E-state index in [9.17, 15) is 4.79 Å². The van der Waals surface area contributed by atoms with Crippen molar-refractivity contribution >= 4 is 28.3 Å². The predicted octanol–water partition coefficient (Wildman–Crippen LogP) is 2.54. The minimum atomic E-state index is -0.424. The predicted molar refractivity (Wildman–Crippen MR) is 107 cm³/mol. The van der Waals surface area contributed by atoms with E-state index in [-0.39, 0.29) is 5.89 Å². The van der Waals surface area contributed by atoms with Crippen molar-refractivity contribution in [2.75, 3.05) is 36.4 Å². The molecule has 0 saturated carbocycles. The number of carbonyl (C=O) groups is 1. The van der Waals surface area contributed by atoms with Crippen molar-refractivity contribution in [3.05, 3.63) is 54.9 Å². The van der Waals surface area contributed by atoms with Crippen LogP contribution in [0, 0.1) is 0 Å². The third-order valence-corrected chi connectivity index (χ3v) is 4.84. The summed E-state index contributed by atoms with van der Waals surface area (Å²) in [6.45, 7) is 3.52. The number of pyridine rings is 1. The van der Waals surface area contributed by atoms with Crippen LogP contribution in [-0.2, 0) is 0 Å². The average Bonchev–Trinajstić information content (AvgIpc) is 3.44. The topological polar surface area (TPSA) is 109 Å². The minimum absolute atomic E-state index is 0.0134. The van der Waals surface area contributed by atoms with Crippen LogP contribution in [0.15, 0.2) is 58.0 Å². The Bertz CT molecular complexity index is 1160. The van der Waals surface area contributed by atoms with Crippen molar-refractivity contribution in [2.24, 2.45) is 0 Å². The minimum Gasteiger partial charge on any atom is -0.432 e. The highest BCUT2D eigenvalue weighted by molar-refractivity contribution is 6.03. The van der Waals surface area contributed by atoms with Gasteiger partial charge in [-0.2, -0.15) is 0 Å². The Kier molecular flexibility index (Phi) is 4.41.